The fraction of sp³-hybridized carbons (Fsp3) is 0.250. The van der Waals surface area contributed by atoms with Gasteiger partial charge in [-0.2, -0.15) is 0 Å². The molecular weight excluding hydrogens is 280 g/mol. The molecule has 0 aromatic heterocycles. The van der Waals surface area contributed by atoms with Crippen LogP contribution in [0, 0.1) is 10.1 Å². The number of nitrogens with two attached hydrogens (primary N) is 1. The van der Waals surface area contributed by atoms with Crippen LogP contribution in [0.25, 0.3) is 0 Å². The maximum atomic E-state index is 11.8. The fourth-order valence-corrected chi connectivity index (χ4v) is 1.50. The summed E-state index contributed by atoms with van der Waals surface area (Å²) in [5.41, 5.74) is 5.32. The van der Waals surface area contributed by atoms with E-state index in [4.69, 9.17) is 5.73 Å². The molecule has 0 unspecified atom stereocenters. The number of rotatable bonds is 4. The molecular formula is C12H14N4O5. The van der Waals surface area contributed by atoms with Gasteiger partial charge < -0.3 is 11.1 Å². The van der Waals surface area contributed by atoms with Crippen LogP contribution in [0.4, 0.5) is 11.4 Å². The van der Waals surface area contributed by atoms with E-state index in [0.717, 1.165) is 11.8 Å². The lowest BCUT2D eigenvalue weighted by Crippen LogP contribution is -2.44. The molecule has 0 saturated carbocycles. The Balaban J connectivity index is 2.77. The molecule has 9 nitrogen and oxygen atoms in total. The van der Waals surface area contributed by atoms with Crippen LogP contribution in [0.2, 0.25) is 0 Å². The summed E-state index contributed by atoms with van der Waals surface area (Å²) in [4.78, 5) is 45.4. The quantitative estimate of drug-likeness (QED) is 0.451. The Hall–Kier alpha value is -2.81. The second kappa shape index (κ2) is 7.10. The Labute approximate surface area is 119 Å². The Morgan fingerprint density at radius 1 is 1.29 bits per heavy atom. The van der Waals surface area contributed by atoms with E-state index in [1.165, 1.54) is 24.3 Å². The summed E-state index contributed by atoms with van der Waals surface area (Å²) >= 11 is 0. The number of nitrogens with one attached hydrogen (secondary N) is 1. The van der Waals surface area contributed by atoms with Gasteiger partial charge in [0.05, 0.1) is 4.92 Å². The molecule has 1 aromatic carbocycles. The maximum Gasteiger partial charge on any atom is 0.318 e. The molecule has 0 heterocycles. The van der Waals surface area contributed by atoms with Crippen molar-refractivity contribution in [1.82, 2.24) is 4.90 Å². The van der Waals surface area contributed by atoms with Gasteiger partial charge in [0.15, 0.2) is 0 Å². The number of imide groups is 1. The number of hydrogen-bond acceptors (Lipinski definition) is 6. The van der Waals surface area contributed by atoms with E-state index in [2.05, 4.69) is 5.32 Å². The predicted molar refractivity (Wildman–Crippen MR) is 73.2 cm³/mol. The van der Waals surface area contributed by atoms with Gasteiger partial charge >= 0.3 is 11.8 Å². The van der Waals surface area contributed by atoms with E-state index >= 15 is 0 Å². The molecule has 0 aliphatic carbocycles. The molecule has 3 amide bonds. The molecule has 3 N–H and O–H groups in total. The summed E-state index contributed by atoms with van der Waals surface area (Å²) in [6.45, 7) is 1.12. The number of nitrogens with zero attached hydrogens (tertiary/aromatic N) is 2. The first-order chi connectivity index (χ1) is 9.86. The van der Waals surface area contributed by atoms with E-state index in [1.807, 2.05) is 0 Å². The van der Waals surface area contributed by atoms with Gasteiger partial charge in [0.1, 0.15) is 0 Å². The lowest BCUT2D eigenvalue weighted by molar-refractivity contribution is -0.384. The molecule has 112 valence electrons. The summed E-state index contributed by atoms with van der Waals surface area (Å²) < 4.78 is 0. The highest BCUT2D eigenvalue weighted by molar-refractivity contribution is 6.41. The molecule has 0 atom stereocenters. The predicted octanol–water partition coefficient (Wildman–Crippen LogP) is -0.133. The van der Waals surface area contributed by atoms with Crippen molar-refractivity contribution in [3.63, 3.8) is 0 Å². The Bertz CT molecular complexity index is 570. The van der Waals surface area contributed by atoms with Crippen LogP contribution >= 0.6 is 0 Å². The van der Waals surface area contributed by atoms with Crippen LogP contribution in [-0.4, -0.2) is 40.6 Å². The SMILES string of the molecule is CC(=O)N(CCN)C(=O)C(=O)Nc1ccc([N+](=O)[O-])cc1. The average molecular weight is 294 g/mol. The van der Waals surface area contributed by atoms with Crippen LogP contribution in [0.1, 0.15) is 6.92 Å². The standard InChI is InChI=1S/C12H14N4O5/c1-8(17)15(7-6-13)12(19)11(18)14-9-2-4-10(5-3-9)16(20)21/h2-5H,6-7,13H2,1H3,(H,14,18). The van der Waals surface area contributed by atoms with Gasteiger partial charge in [-0.05, 0) is 12.1 Å². The normalized spacial score (nSPS) is 9.81. The van der Waals surface area contributed by atoms with Crippen LogP contribution in [0.5, 0.6) is 0 Å². The summed E-state index contributed by atoms with van der Waals surface area (Å²) in [7, 11) is 0. The topological polar surface area (TPSA) is 136 Å². The number of benzene rings is 1. The molecule has 1 aromatic rings. The highest BCUT2D eigenvalue weighted by atomic mass is 16.6. The number of carbonyl (C=O) groups excluding carboxylic acids is 3. The molecule has 0 fully saturated rings. The fourth-order valence-electron chi connectivity index (χ4n) is 1.50. The van der Waals surface area contributed by atoms with E-state index in [1.54, 1.807) is 0 Å². The van der Waals surface area contributed by atoms with Gasteiger partial charge in [0.25, 0.3) is 5.69 Å². The zero-order valence-electron chi connectivity index (χ0n) is 11.2. The molecule has 9 heteroatoms. The molecule has 1 rings (SSSR count). The Morgan fingerprint density at radius 2 is 1.86 bits per heavy atom. The van der Waals surface area contributed by atoms with E-state index in [0.29, 0.717) is 0 Å². The molecule has 0 aliphatic heterocycles. The van der Waals surface area contributed by atoms with Crippen molar-refractivity contribution in [2.75, 3.05) is 18.4 Å². The van der Waals surface area contributed by atoms with Crippen molar-refractivity contribution in [2.45, 2.75) is 6.92 Å². The first kappa shape index (κ1) is 16.2. The number of nitro groups is 1. The minimum absolute atomic E-state index is 0.0378. The first-order valence-electron chi connectivity index (χ1n) is 5.94. The monoisotopic (exact) mass is 294 g/mol. The molecule has 0 spiro atoms. The van der Waals surface area contributed by atoms with Crippen molar-refractivity contribution in [1.29, 1.82) is 0 Å². The van der Waals surface area contributed by atoms with Gasteiger partial charge in [-0.15, -0.1) is 0 Å². The lowest BCUT2D eigenvalue weighted by atomic mass is 10.3. The number of amides is 3. The van der Waals surface area contributed by atoms with Crippen LogP contribution in [0.3, 0.4) is 0 Å². The minimum atomic E-state index is -1.04. The van der Waals surface area contributed by atoms with Crippen LogP contribution in [0.15, 0.2) is 24.3 Å². The third kappa shape index (κ3) is 4.35. The highest BCUT2D eigenvalue weighted by Crippen LogP contribution is 2.15. The van der Waals surface area contributed by atoms with Gasteiger partial charge in [0.2, 0.25) is 5.91 Å². The van der Waals surface area contributed by atoms with E-state index in [9.17, 15) is 24.5 Å². The molecule has 0 bridgehead atoms. The summed E-state index contributed by atoms with van der Waals surface area (Å²) in [5, 5.41) is 12.7. The minimum Gasteiger partial charge on any atom is -0.329 e. The van der Waals surface area contributed by atoms with Crippen molar-refractivity contribution < 1.29 is 19.3 Å². The number of non-ortho nitro benzene ring substituents is 1. The zero-order valence-corrected chi connectivity index (χ0v) is 11.2. The Kier molecular flexibility index (Phi) is 5.49. The number of nitro benzene ring substituents is 1. The number of anilines is 1. The van der Waals surface area contributed by atoms with Gasteiger partial charge in [0, 0.05) is 37.8 Å². The molecule has 21 heavy (non-hydrogen) atoms. The average Bonchev–Trinajstić information content (AvgIpc) is 2.44. The Morgan fingerprint density at radius 3 is 2.29 bits per heavy atom. The molecule has 0 aliphatic rings. The molecule has 0 radical (unpaired) electrons. The van der Waals surface area contributed by atoms with Gasteiger partial charge in [-0.1, -0.05) is 0 Å². The first-order valence-corrected chi connectivity index (χ1v) is 5.94. The van der Waals surface area contributed by atoms with E-state index < -0.39 is 22.6 Å². The summed E-state index contributed by atoms with van der Waals surface area (Å²) in [5.74, 6) is -2.65. The second-order valence-electron chi connectivity index (χ2n) is 4.02. The van der Waals surface area contributed by atoms with Crippen LogP contribution in [-0.2, 0) is 14.4 Å². The smallest absolute Gasteiger partial charge is 0.318 e. The third-order valence-electron chi connectivity index (χ3n) is 2.51. The second-order valence-corrected chi connectivity index (χ2v) is 4.02. The van der Waals surface area contributed by atoms with Crippen LogP contribution < -0.4 is 11.1 Å². The number of carbonyl (C=O) groups is 3. The molecule has 0 saturated heterocycles. The number of hydrogen-bond donors (Lipinski definition) is 2. The zero-order chi connectivity index (χ0) is 16.0. The van der Waals surface area contributed by atoms with Gasteiger partial charge in [-0.3, -0.25) is 29.4 Å². The van der Waals surface area contributed by atoms with Crippen molar-refractivity contribution in [2.24, 2.45) is 5.73 Å². The lowest BCUT2D eigenvalue weighted by Gasteiger charge is -2.17. The summed E-state index contributed by atoms with van der Waals surface area (Å²) in [6.07, 6.45) is 0. The van der Waals surface area contributed by atoms with Crippen molar-refractivity contribution >= 4 is 29.1 Å². The highest BCUT2D eigenvalue weighted by Gasteiger charge is 2.24. The summed E-state index contributed by atoms with van der Waals surface area (Å²) in [6, 6.07) is 4.93. The third-order valence-corrected chi connectivity index (χ3v) is 2.51. The maximum absolute atomic E-state index is 11.8. The van der Waals surface area contributed by atoms with Crippen molar-refractivity contribution in [3.8, 4) is 0 Å². The largest absolute Gasteiger partial charge is 0.329 e. The van der Waals surface area contributed by atoms with Crippen molar-refractivity contribution in [3.05, 3.63) is 34.4 Å². The van der Waals surface area contributed by atoms with Gasteiger partial charge in [-0.25, -0.2) is 0 Å². The van der Waals surface area contributed by atoms with E-state index in [-0.39, 0.29) is 24.5 Å².